The van der Waals surface area contributed by atoms with Gasteiger partial charge in [0.1, 0.15) is 5.01 Å². The van der Waals surface area contributed by atoms with Crippen LogP contribution in [-0.4, -0.2) is 39.6 Å². The molecule has 1 aliphatic rings. The number of aromatic nitrogens is 1. The first-order chi connectivity index (χ1) is 13.6. The van der Waals surface area contributed by atoms with Gasteiger partial charge < -0.3 is 20.2 Å². The maximum Gasteiger partial charge on any atom is 0.200 e. The number of rotatable bonds is 5. The van der Waals surface area contributed by atoms with E-state index < -0.39 is 5.75 Å². The molecule has 6 nitrogen and oxygen atoms in total. The molecule has 0 spiro atoms. The Morgan fingerprint density at radius 1 is 1.00 bits per heavy atom. The monoisotopic (exact) mass is 395 g/mol. The van der Waals surface area contributed by atoms with Crippen LogP contribution in [0.4, 0.5) is 5.69 Å². The molecule has 0 atom stereocenters. The Labute approximate surface area is 167 Å². The van der Waals surface area contributed by atoms with Crippen molar-refractivity contribution in [3.05, 3.63) is 52.3 Å². The Kier molecular flexibility index (Phi) is 5.16. The first kappa shape index (κ1) is 18.3. The molecule has 28 heavy (non-hydrogen) atoms. The minimum Gasteiger partial charge on any atom is -0.504 e. The van der Waals surface area contributed by atoms with Crippen molar-refractivity contribution < 1.29 is 15.3 Å². The minimum absolute atomic E-state index is 0.338. The van der Waals surface area contributed by atoms with Gasteiger partial charge in [-0.2, -0.15) is 0 Å². The van der Waals surface area contributed by atoms with Crippen LogP contribution in [-0.2, 0) is 6.54 Å². The summed E-state index contributed by atoms with van der Waals surface area (Å²) in [7, 11) is 0. The van der Waals surface area contributed by atoms with Crippen LogP contribution in [0.5, 0.6) is 17.2 Å². The zero-order valence-corrected chi connectivity index (χ0v) is 16.1. The van der Waals surface area contributed by atoms with Gasteiger partial charge in [-0.25, -0.2) is 4.98 Å². The molecule has 7 heteroatoms. The molecule has 1 aliphatic heterocycles. The Bertz CT molecular complexity index is 993. The van der Waals surface area contributed by atoms with Gasteiger partial charge in [0.15, 0.2) is 11.5 Å². The number of phenolic OH excluding ortho intramolecular Hbond substituents is 3. The molecule has 0 aliphatic carbocycles. The van der Waals surface area contributed by atoms with Crippen LogP contribution in [0.2, 0.25) is 0 Å². The van der Waals surface area contributed by atoms with Gasteiger partial charge in [-0.3, -0.25) is 4.99 Å². The van der Waals surface area contributed by atoms with Crippen molar-refractivity contribution in [3.63, 3.8) is 0 Å². The van der Waals surface area contributed by atoms with Crippen molar-refractivity contribution in [2.75, 3.05) is 18.0 Å². The van der Waals surface area contributed by atoms with Crippen LogP contribution >= 0.6 is 11.3 Å². The lowest BCUT2D eigenvalue weighted by Gasteiger charge is -2.17. The highest BCUT2D eigenvalue weighted by Gasteiger charge is 2.13. The van der Waals surface area contributed by atoms with Crippen molar-refractivity contribution in [1.82, 2.24) is 4.98 Å². The maximum atomic E-state index is 9.81. The van der Waals surface area contributed by atoms with Crippen LogP contribution in [0.25, 0.3) is 11.3 Å². The van der Waals surface area contributed by atoms with Crippen molar-refractivity contribution in [1.29, 1.82) is 0 Å². The highest BCUT2D eigenvalue weighted by Crippen LogP contribution is 2.36. The SMILES string of the molecule is Oc1ccc(C=NCc2nc(-c3ccc(N4CCCC4)cc3)cs2)c(O)c1O. The lowest BCUT2D eigenvalue weighted by Crippen LogP contribution is -2.17. The van der Waals surface area contributed by atoms with Crippen molar-refractivity contribution in [3.8, 4) is 28.5 Å². The van der Waals surface area contributed by atoms with E-state index >= 15 is 0 Å². The van der Waals surface area contributed by atoms with Gasteiger partial charge in [-0.05, 0) is 37.1 Å². The quantitative estimate of drug-likeness (QED) is 0.446. The summed E-state index contributed by atoms with van der Waals surface area (Å²) in [4.78, 5) is 11.3. The fourth-order valence-corrected chi connectivity index (χ4v) is 3.98. The number of hydrogen-bond acceptors (Lipinski definition) is 7. The number of aliphatic imine (C=N–C) groups is 1. The summed E-state index contributed by atoms with van der Waals surface area (Å²) in [5, 5.41) is 31.6. The van der Waals surface area contributed by atoms with E-state index in [4.69, 9.17) is 0 Å². The van der Waals surface area contributed by atoms with E-state index in [0.717, 1.165) is 29.4 Å². The van der Waals surface area contributed by atoms with E-state index in [1.54, 1.807) is 0 Å². The minimum atomic E-state index is -0.544. The van der Waals surface area contributed by atoms with E-state index in [1.807, 2.05) is 5.38 Å². The second-order valence-corrected chi connectivity index (χ2v) is 7.65. The lowest BCUT2D eigenvalue weighted by molar-refractivity contribution is 0.367. The predicted molar refractivity (Wildman–Crippen MR) is 112 cm³/mol. The number of phenols is 3. The summed E-state index contributed by atoms with van der Waals surface area (Å²) < 4.78 is 0. The third kappa shape index (κ3) is 3.80. The number of aromatic hydroxyl groups is 3. The summed E-state index contributed by atoms with van der Waals surface area (Å²) in [6.07, 6.45) is 3.99. The van der Waals surface area contributed by atoms with Gasteiger partial charge in [-0.1, -0.05) is 12.1 Å². The summed E-state index contributed by atoms with van der Waals surface area (Å²) >= 11 is 1.53. The maximum absolute atomic E-state index is 9.81. The largest absolute Gasteiger partial charge is 0.504 e. The molecule has 3 N–H and O–H groups in total. The van der Waals surface area contributed by atoms with Gasteiger partial charge in [0.05, 0.1) is 12.2 Å². The number of anilines is 1. The fraction of sp³-hybridized carbons (Fsp3) is 0.238. The van der Waals surface area contributed by atoms with Crippen LogP contribution < -0.4 is 4.90 Å². The molecule has 0 amide bonds. The highest BCUT2D eigenvalue weighted by atomic mass is 32.1. The van der Waals surface area contributed by atoms with Crippen LogP contribution in [0.1, 0.15) is 23.4 Å². The molecule has 1 fully saturated rings. The Morgan fingerprint density at radius 3 is 2.50 bits per heavy atom. The zero-order chi connectivity index (χ0) is 19.5. The van der Waals surface area contributed by atoms with Gasteiger partial charge >= 0.3 is 0 Å². The second kappa shape index (κ2) is 7.90. The van der Waals surface area contributed by atoms with E-state index in [-0.39, 0.29) is 11.5 Å². The molecule has 2 heterocycles. The molecular weight excluding hydrogens is 374 g/mol. The molecule has 1 saturated heterocycles. The third-order valence-electron chi connectivity index (χ3n) is 4.80. The van der Waals surface area contributed by atoms with E-state index in [0.29, 0.717) is 12.1 Å². The standard InChI is InChI=1S/C21H21N3O3S/c25-18-8-5-15(20(26)21(18)27)11-22-12-19-23-17(13-28-19)14-3-6-16(7-4-14)24-9-1-2-10-24/h3-8,11,13,25-27H,1-2,9-10,12H2. The predicted octanol–water partition coefficient (Wildman–Crippen LogP) is 4.15. The van der Waals surface area contributed by atoms with Gasteiger partial charge in [-0.15, -0.1) is 11.3 Å². The topological polar surface area (TPSA) is 89.2 Å². The molecule has 0 unspecified atom stereocenters. The molecule has 0 saturated carbocycles. The molecule has 0 radical (unpaired) electrons. The molecule has 4 rings (SSSR count). The Balaban J connectivity index is 1.42. The van der Waals surface area contributed by atoms with E-state index in [9.17, 15) is 15.3 Å². The Morgan fingerprint density at radius 2 is 1.75 bits per heavy atom. The average Bonchev–Trinajstić information content (AvgIpc) is 3.40. The molecule has 3 aromatic rings. The number of thiazole rings is 1. The van der Waals surface area contributed by atoms with Crippen molar-refractivity contribution in [2.24, 2.45) is 4.99 Å². The number of nitrogens with zero attached hydrogens (tertiary/aromatic N) is 3. The molecule has 144 valence electrons. The normalized spacial score (nSPS) is 14.2. The third-order valence-corrected chi connectivity index (χ3v) is 5.64. The lowest BCUT2D eigenvalue weighted by atomic mass is 10.1. The average molecular weight is 395 g/mol. The molecular formula is C21H21N3O3S. The zero-order valence-electron chi connectivity index (χ0n) is 15.2. The summed E-state index contributed by atoms with van der Waals surface area (Å²) in [6, 6.07) is 11.3. The molecule has 1 aromatic heterocycles. The molecule has 2 aromatic carbocycles. The first-order valence-electron chi connectivity index (χ1n) is 9.15. The van der Waals surface area contributed by atoms with Crippen LogP contribution in [0, 0.1) is 0 Å². The van der Waals surface area contributed by atoms with Crippen LogP contribution in [0.3, 0.4) is 0 Å². The van der Waals surface area contributed by atoms with Gasteiger partial charge in [0.2, 0.25) is 5.75 Å². The van der Waals surface area contributed by atoms with E-state index in [1.165, 1.54) is 48.2 Å². The number of hydrogen-bond donors (Lipinski definition) is 3. The van der Waals surface area contributed by atoms with Crippen molar-refractivity contribution >= 4 is 23.2 Å². The smallest absolute Gasteiger partial charge is 0.200 e. The summed E-state index contributed by atoms with van der Waals surface area (Å²) in [5.74, 6) is -1.30. The second-order valence-electron chi connectivity index (χ2n) is 6.71. The highest BCUT2D eigenvalue weighted by molar-refractivity contribution is 7.09. The van der Waals surface area contributed by atoms with Gasteiger partial charge in [0, 0.05) is 41.5 Å². The first-order valence-corrected chi connectivity index (χ1v) is 10.0. The van der Waals surface area contributed by atoms with E-state index in [2.05, 4.69) is 39.1 Å². The molecule has 0 bridgehead atoms. The summed E-state index contributed by atoms with van der Waals surface area (Å²) in [6.45, 7) is 2.64. The number of benzene rings is 2. The Hall–Kier alpha value is -3.06. The van der Waals surface area contributed by atoms with Crippen LogP contribution in [0.15, 0.2) is 46.8 Å². The fourth-order valence-electron chi connectivity index (χ4n) is 3.25. The summed E-state index contributed by atoms with van der Waals surface area (Å²) in [5.41, 5.74) is 3.60. The van der Waals surface area contributed by atoms with Gasteiger partial charge in [0.25, 0.3) is 0 Å². The van der Waals surface area contributed by atoms with Crippen molar-refractivity contribution in [2.45, 2.75) is 19.4 Å².